The quantitative estimate of drug-likeness (QED) is 0.482. The van der Waals surface area contributed by atoms with E-state index in [2.05, 4.69) is 20.6 Å². The molecule has 0 atom stereocenters. The number of hydrogen-bond donors (Lipinski definition) is 2. The number of hydrogen-bond acceptors (Lipinski definition) is 5. The van der Waals surface area contributed by atoms with Gasteiger partial charge in [-0.1, -0.05) is 6.07 Å². The summed E-state index contributed by atoms with van der Waals surface area (Å²) in [6.45, 7) is 2.36. The Kier molecular flexibility index (Phi) is 7.00. The van der Waals surface area contributed by atoms with Gasteiger partial charge in [0.2, 0.25) is 5.96 Å². The van der Waals surface area contributed by atoms with Gasteiger partial charge in [-0.15, -0.1) is 0 Å². The van der Waals surface area contributed by atoms with Crippen molar-refractivity contribution in [2.24, 2.45) is 4.99 Å². The molecule has 0 unspecified atom stereocenters. The Balaban J connectivity index is 1.85. The molecular formula is C23H24N4O3. The fourth-order valence-corrected chi connectivity index (χ4v) is 2.74. The molecule has 7 heteroatoms. The van der Waals surface area contributed by atoms with E-state index in [9.17, 15) is 4.79 Å². The topological polar surface area (TPSA) is 84.8 Å². The summed E-state index contributed by atoms with van der Waals surface area (Å²) in [7, 11) is 3.18. The minimum absolute atomic E-state index is 0.287. The number of aliphatic imine (C=N–C) groups is 1. The highest BCUT2D eigenvalue weighted by Gasteiger charge is 2.12. The zero-order valence-electron chi connectivity index (χ0n) is 17.2. The Labute approximate surface area is 175 Å². The molecule has 7 nitrogen and oxygen atoms in total. The fourth-order valence-electron chi connectivity index (χ4n) is 2.74. The maximum absolute atomic E-state index is 12.8. The van der Waals surface area contributed by atoms with Gasteiger partial charge in [0.05, 0.1) is 26.5 Å². The number of carbonyl (C=O) groups excluding carboxylic acids is 1. The van der Waals surface area contributed by atoms with E-state index in [-0.39, 0.29) is 5.91 Å². The number of anilines is 1. The number of nitrogens with zero attached hydrogens (tertiary/aromatic N) is 2. The molecule has 0 saturated carbocycles. The van der Waals surface area contributed by atoms with Crippen molar-refractivity contribution in [3.05, 3.63) is 83.7 Å². The number of pyridine rings is 1. The van der Waals surface area contributed by atoms with E-state index in [1.165, 1.54) is 0 Å². The molecule has 2 aromatic carbocycles. The summed E-state index contributed by atoms with van der Waals surface area (Å²) in [6.07, 6.45) is 3.41. The molecule has 0 spiro atoms. The van der Waals surface area contributed by atoms with Crippen LogP contribution in [0.25, 0.3) is 0 Å². The summed E-state index contributed by atoms with van der Waals surface area (Å²) in [6, 6.07) is 16.4. The van der Waals surface area contributed by atoms with Gasteiger partial charge in [-0.05, 0) is 66.6 Å². The second kappa shape index (κ2) is 10.1. The molecule has 1 heterocycles. The molecular weight excluding hydrogens is 380 g/mol. The first-order chi connectivity index (χ1) is 14.6. The van der Waals surface area contributed by atoms with Crippen molar-refractivity contribution in [1.29, 1.82) is 0 Å². The van der Waals surface area contributed by atoms with E-state index in [4.69, 9.17) is 9.47 Å². The second-order valence-electron chi connectivity index (χ2n) is 6.53. The van der Waals surface area contributed by atoms with E-state index < -0.39 is 0 Å². The Morgan fingerprint density at radius 1 is 1.00 bits per heavy atom. The molecule has 1 aromatic heterocycles. The number of benzene rings is 2. The number of rotatable bonds is 6. The number of nitrogens with one attached hydrogen (secondary N) is 2. The number of ether oxygens (including phenoxy) is 2. The smallest absolute Gasteiger partial charge is 0.257 e. The van der Waals surface area contributed by atoms with Crippen LogP contribution in [-0.4, -0.2) is 31.1 Å². The predicted molar refractivity (Wildman–Crippen MR) is 117 cm³/mol. The maximum Gasteiger partial charge on any atom is 0.257 e. The fraction of sp³-hybridized carbons (Fsp3) is 0.174. The maximum atomic E-state index is 12.8. The van der Waals surface area contributed by atoms with E-state index in [0.717, 1.165) is 11.1 Å². The third-order valence-corrected chi connectivity index (χ3v) is 4.36. The van der Waals surface area contributed by atoms with E-state index in [1.54, 1.807) is 50.9 Å². The van der Waals surface area contributed by atoms with Gasteiger partial charge in [0.15, 0.2) is 0 Å². The largest absolute Gasteiger partial charge is 0.497 e. The van der Waals surface area contributed by atoms with Gasteiger partial charge in [0.1, 0.15) is 11.5 Å². The van der Waals surface area contributed by atoms with Crippen LogP contribution >= 0.6 is 0 Å². The molecule has 0 radical (unpaired) electrons. The Morgan fingerprint density at radius 2 is 1.73 bits per heavy atom. The Hall–Kier alpha value is -3.87. The van der Waals surface area contributed by atoms with Crippen LogP contribution in [-0.2, 0) is 6.54 Å². The lowest BCUT2D eigenvalue weighted by Gasteiger charge is -2.15. The van der Waals surface area contributed by atoms with Crippen LogP contribution in [0, 0.1) is 6.92 Å². The van der Waals surface area contributed by atoms with Crippen molar-refractivity contribution in [3.8, 4) is 11.5 Å². The third-order valence-electron chi connectivity index (χ3n) is 4.36. The monoisotopic (exact) mass is 404 g/mol. The molecule has 2 N–H and O–H groups in total. The standard InChI is InChI=1S/C23H24N4O3/c1-16-4-9-21(30-3)20(14-16)26-23(25-15-17-10-12-24-13-11-17)27-22(28)18-5-7-19(29-2)8-6-18/h4-14H,15H2,1-3H3,(H2,25,26,27,28). The summed E-state index contributed by atoms with van der Waals surface area (Å²) in [5.74, 6) is 1.36. The van der Waals surface area contributed by atoms with Gasteiger partial charge >= 0.3 is 0 Å². The van der Waals surface area contributed by atoms with Crippen LogP contribution in [0.3, 0.4) is 0 Å². The summed E-state index contributed by atoms with van der Waals surface area (Å²) in [4.78, 5) is 21.3. The molecule has 0 aliphatic rings. The van der Waals surface area contributed by atoms with Crippen LogP contribution in [0.1, 0.15) is 21.5 Å². The first kappa shape index (κ1) is 20.9. The van der Waals surface area contributed by atoms with Crippen molar-refractivity contribution < 1.29 is 14.3 Å². The van der Waals surface area contributed by atoms with Crippen LogP contribution < -0.4 is 20.1 Å². The van der Waals surface area contributed by atoms with Gasteiger partial charge in [-0.25, -0.2) is 4.99 Å². The van der Waals surface area contributed by atoms with Crippen LogP contribution in [0.2, 0.25) is 0 Å². The van der Waals surface area contributed by atoms with Crippen molar-refractivity contribution in [2.45, 2.75) is 13.5 Å². The molecule has 0 aliphatic carbocycles. The molecule has 3 rings (SSSR count). The number of aromatic nitrogens is 1. The zero-order valence-corrected chi connectivity index (χ0v) is 17.2. The number of amides is 1. The van der Waals surface area contributed by atoms with Crippen molar-refractivity contribution in [2.75, 3.05) is 19.5 Å². The lowest BCUT2D eigenvalue weighted by Crippen LogP contribution is -2.36. The van der Waals surface area contributed by atoms with Gasteiger partial charge in [0, 0.05) is 18.0 Å². The minimum atomic E-state index is -0.287. The number of aryl methyl sites for hydroxylation is 1. The average Bonchev–Trinajstić information content (AvgIpc) is 2.78. The van der Waals surface area contributed by atoms with Gasteiger partial charge in [0.25, 0.3) is 5.91 Å². The molecule has 0 aliphatic heterocycles. The van der Waals surface area contributed by atoms with E-state index in [1.807, 2.05) is 37.3 Å². The SMILES string of the molecule is COc1ccc(C(=O)NC(=NCc2ccncc2)Nc2cc(C)ccc2OC)cc1. The molecule has 30 heavy (non-hydrogen) atoms. The number of methoxy groups -OCH3 is 2. The first-order valence-corrected chi connectivity index (χ1v) is 9.39. The molecule has 0 bridgehead atoms. The summed E-state index contributed by atoms with van der Waals surface area (Å²) in [5.41, 5.74) is 3.22. The highest BCUT2D eigenvalue weighted by molar-refractivity contribution is 6.10. The Bertz CT molecular complexity index is 1020. The molecule has 0 saturated heterocycles. The Morgan fingerprint density at radius 3 is 2.40 bits per heavy atom. The van der Waals surface area contributed by atoms with Crippen molar-refractivity contribution in [3.63, 3.8) is 0 Å². The molecule has 154 valence electrons. The highest BCUT2D eigenvalue weighted by atomic mass is 16.5. The number of guanidine groups is 1. The zero-order chi connectivity index (χ0) is 21.3. The van der Waals surface area contributed by atoms with Crippen LogP contribution in [0.15, 0.2) is 72.0 Å². The molecule has 0 fully saturated rings. The van der Waals surface area contributed by atoms with Gasteiger partial charge in [-0.3, -0.25) is 15.1 Å². The summed E-state index contributed by atoms with van der Waals surface area (Å²) < 4.78 is 10.6. The van der Waals surface area contributed by atoms with Crippen LogP contribution in [0.5, 0.6) is 11.5 Å². The minimum Gasteiger partial charge on any atom is -0.497 e. The predicted octanol–water partition coefficient (Wildman–Crippen LogP) is 3.81. The normalized spacial score (nSPS) is 11.0. The third kappa shape index (κ3) is 5.57. The highest BCUT2D eigenvalue weighted by Crippen LogP contribution is 2.25. The van der Waals surface area contributed by atoms with E-state index in [0.29, 0.717) is 35.3 Å². The van der Waals surface area contributed by atoms with Crippen LogP contribution in [0.4, 0.5) is 5.69 Å². The van der Waals surface area contributed by atoms with Gasteiger partial charge < -0.3 is 14.8 Å². The average molecular weight is 404 g/mol. The lowest BCUT2D eigenvalue weighted by molar-refractivity contribution is 0.0977. The first-order valence-electron chi connectivity index (χ1n) is 9.39. The molecule has 1 amide bonds. The second-order valence-corrected chi connectivity index (χ2v) is 6.53. The van der Waals surface area contributed by atoms with Crippen molar-refractivity contribution >= 4 is 17.6 Å². The van der Waals surface area contributed by atoms with Crippen molar-refractivity contribution in [1.82, 2.24) is 10.3 Å². The molecule has 3 aromatic rings. The summed E-state index contributed by atoms with van der Waals surface area (Å²) in [5, 5.41) is 6.03. The summed E-state index contributed by atoms with van der Waals surface area (Å²) >= 11 is 0. The van der Waals surface area contributed by atoms with Gasteiger partial charge in [-0.2, -0.15) is 0 Å². The number of carbonyl (C=O) groups is 1. The van der Waals surface area contributed by atoms with E-state index >= 15 is 0 Å². The lowest BCUT2D eigenvalue weighted by atomic mass is 10.2.